The smallest absolute Gasteiger partial charge is 0.0205 e. The first-order valence-electron chi connectivity index (χ1n) is 6.90. The minimum Gasteiger partial charge on any atom is -0.312 e. The van der Waals surface area contributed by atoms with Crippen molar-refractivity contribution < 1.29 is 0 Å². The fourth-order valence-electron chi connectivity index (χ4n) is 1.99. The van der Waals surface area contributed by atoms with E-state index < -0.39 is 0 Å². The SMILES string of the molecule is CCC(C)(C)CNCc1ccc(C2CC2)cc1. The summed E-state index contributed by atoms with van der Waals surface area (Å²) in [5, 5.41) is 3.56. The molecule has 1 nitrogen and oxygen atoms in total. The molecule has 1 aromatic rings. The zero-order valence-electron chi connectivity index (χ0n) is 11.4. The molecule has 0 atom stereocenters. The van der Waals surface area contributed by atoms with Gasteiger partial charge in [0, 0.05) is 13.1 Å². The lowest BCUT2D eigenvalue weighted by Gasteiger charge is -2.23. The standard InChI is InChI=1S/C16H25N/c1-4-16(2,3)12-17-11-13-5-7-14(8-6-13)15-9-10-15/h5-8,15,17H,4,9-12H2,1-3H3. The van der Waals surface area contributed by atoms with E-state index in [1.54, 1.807) is 0 Å². The maximum Gasteiger partial charge on any atom is 0.0205 e. The van der Waals surface area contributed by atoms with Crippen molar-refractivity contribution in [2.75, 3.05) is 6.54 Å². The normalized spacial score (nSPS) is 16.2. The molecule has 0 aromatic heterocycles. The van der Waals surface area contributed by atoms with Gasteiger partial charge in [-0.15, -0.1) is 0 Å². The third-order valence-electron chi connectivity index (χ3n) is 3.92. The summed E-state index contributed by atoms with van der Waals surface area (Å²) in [4.78, 5) is 0. The molecule has 94 valence electrons. The van der Waals surface area contributed by atoms with Crippen LogP contribution in [0.15, 0.2) is 24.3 Å². The van der Waals surface area contributed by atoms with E-state index in [2.05, 4.69) is 50.4 Å². The Bertz CT molecular complexity index is 346. The molecule has 0 heterocycles. The molecular weight excluding hydrogens is 206 g/mol. The summed E-state index contributed by atoms with van der Waals surface area (Å²) in [6.45, 7) is 8.97. The first-order chi connectivity index (χ1) is 8.11. The van der Waals surface area contributed by atoms with Gasteiger partial charge in [0.15, 0.2) is 0 Å². The molecule has 1 saturated carbocycles. The predicted molar refractivity (Wildman–Crippen MR) is 74.2 cm³/mol. The number of benzene rings is 1. The minimum atomic E-state index is 0.411. The van der Waals surface area contributed by atoms with Crippen LogP contribution in [0.3, 0.4) is 0 Å². The van der Waals surface area contributed by atoms with Crippen molar-refractivity contribution in [2.24, 2.45) is 5.41 Å². The van der Waals surface area contributed by atoms with E-state index in [0.717, 1.165) is 19.0 Å². The van der Waals surface area contributed by atoms with E-state index in [-0.39, 0.29) is 0 Å². The van der Waals surface area contributed by atoms with Crippen molar-refractivity contribution in [3.05, 3.63) is 35.4 Å². The minimum absolute atomic E-state index is 0.411. The molecule has 0 spiro atoms. The first kappa shape index (κ1) is 12.6. The topological polar surface area (TPSA) is 12.0 Å². The Kier molecular flexibility index (Phi) is 3.88. The molecule has 2 rings (SSSR count). The molecule has 1 fully saturated rings. The molecule has 0 aliphatic heterocycles. The number of hydrogen-bond acceptors (Lipinski definition) is 1. The highest BCUT2D eigenvalue weighted by atomic mass is 14.9. The summed E-state index contributed by atoms with van der Waals surface area (Å²) in [6, 6.07) is 9.17. The Hall–Kier alpha value is -0.820. The molecule has 1 N–H and O–H groups in total. The molecule has 0 unspecified atom stereocenters. The van der Waals surface area contributed by atoms with Gasteiger partial charge in [-0.05, 0) is 41.7 Å². The summed E-state index contributed by atoms with van der Waals surface area (Å²) in [5.74, 6) is 0.871. The summed E-state index contributed by atoms with van der Waals surface area (Å²) in [5.41, 5.74) is 3.34. The average molecular weight is 231 g/mol. The van der Waals surface area contributed by atoms with Gasteiger partial charge >= 0.3 is 0 Å². The van der Waals surface area contributed by atoms with Gasteiger partial charge in [0.05, 0.1) is 0 Å². The van der Waals surface area contributed by atoms with Gasteiger partial charge in [0.1, 0.15) is 0 Å². The lowest BCUT2D eigenvalue weighted by atomic mass is 9.90. The van der Waals surface area contributed by atoms with Crippen molar-refractivity contribution in [1.82, 2.24) is 5.32 Å². The van der Waals surface area contributed by atoms with Crippen LogP contribution < -0.4 is 5.32 Å². The molecule has 1 heteroatoms. The van der Waals surface area contributed by atoms with Crippen LogP contribution >= 0.6 is 0 Å². The molecule has 0 bridgehead atoms. The maximum atomic E-state index is 3.56. The summed E-state index contributed by atoms with van der Waals surface area (Å²) in [6.07, 6.45) is 4.01. The quantitative estimate of drug-likeness (QED) is 0.777. The van der Waals surface area contributed by atoms with Crippen molar-refractivity contribution in [3.63, 3.8) is 0 Å². The average Bonchev–Trinajstić information content (AvgIpc) is 3.14. The highest BCUT2D eigenvalue weighted by Gasteiger charge is 2.22. The van der Waals surface area contributed by atoms with Gasteiger partial charge in [-0.1, -0.05) is 45.0 Å². The second kappa shape index (κ2) is 5.22. The lowest BCUT2D eigenvalue weighted by Crippen LogP contribution is -2.28. The Morgan fingerprint density at radius 2 is 1.82 bits per heavy atom. The Morgan fingerprint density at radius 1 is 1.18 bits per heavy atom. The van der Waals surface area contributed by atoms with Crippen molar-refractivity contribution in [3.8, 4) is 0 Å². The van der Waals surface area contributed by atoms with Gasteiger partial charge in [-0.3, -0.25) is 0 Å². The Balaban J connectivity index is 1.78. The summed E-state index contributed by atoms with van der Waals surface area (Å²) < 4.78 is 0. The van der Waals surface area contributed by atoms with Crippen LogP contribution in [-0.4, -0.2) is 6.54 Å². The predicted octanol–water partition coefficient (Wildman–Crippen LogP) is 4.09. The third kappa shape index (κ3) is 3.85. The summed E-state index contributed by atoms with van der Waals surface area (Å²) in [7, 11) is 0. The van der Waals surface area contributed by atoms with Gasteiger partial charge < -0.3 is 5.32 Å². The lowest BCUT2D eigenvalue weighted by molar-refractivity contribution is 0.327. The molecule has 0 saturated heterocycles. The van der Waals surface area contributed by atoms with E-state index in [4.69, 9.17) is 0 Å². The van der Waals surface area contributed by atoms with Gasteiger partial charge in [-0.25, -0.2) is 0 Å². The van der Waals surface area contributed by atoms with Crippen LogP contribution in [0, 0.1) is 5.41 Å². The van der Waals surface area contributed by atoms with E-state index in [1.165, 1.54) is 30.4 Å². The molecule has 0 amide bonds. The van der Waals surface area contributed by atoms with E-state index in [0.29, 0.717) is 5.41 Å². The zero-order chi connectivity index (χ0) is 12.3. The van der Waals surface area contributed by atoms with Crippen LogP contribution in [-0.2, 0) is 6.54 Å². The summed E-state index contributed by atoms with van der Waals surface area (Å²) >= 11 is 0. The number of hydrogen-bond donors (Lipinski definition) is 1. The van der Waals surface area contributed by atoms with E-state index in [1.807, 2.05) is 0 Å². The van der Waals surface area contributed by atoms with Crippen molar-refractivity contribution >= 4 is 0 Å². The van der Waals surface area contributed by atoms with Gasteiger partial charge in [0.2, 0.25) is 0 Å². The second-order valence-corrected chi connectivity index (χ2v) is 6.14. The fraction of sp³-hybridized carbons (Fsp3) is 0.625. The first-order valence-corrected chi connectivity index (χ1v) is 6.90. The molecular formula is C16H25N. The molecule has 1 aliphatic rings. The molecule has 17 heavy (non-hydrogen) atoms. The number of rotatable bonds is 6. The van der Waals surface area contributed by atoms with Crippen LogP contribution in [0.4, 0.5) is 0 Å². The highest BCUT2D eigenvalue weighted by Crippen LogP contribution is 2.39. The molecule has 1 aromatic carbocycles. The third-order valence-corrected chi connectivity index (χ3v) is 3.92. The Labute approximate surface area is 106 Å². The van der Waals surface area contributed by atoms with E-state index >= 15 is 0 Å². The monoisotopic (exact) mass is 231 g/mol. The molecule has 0 radical (unpaired) electrons. The fourth-order valence-corrected chi connectivity index (χ4v) is 1.99. The second-order valence-electron chi connectivity index (χ2n) is 6.14. The van der Waals surface area contributed by atoms with Crippen molar-refractivity contribution in [2.45, 2.75) is 52.5 Å². The largest absolute Gasteiger partial charge is 0.312 e. The maximum absolute atomic E-state index is 3.56. The number of nitrogens with one attached hydrogen (secondary N) is 1. The van der Waals surface area contributed by atoms with Crippen LogP contribution in [0.1, 0.15) is 57.1 Å². The van der Waals surface area contributed by atoms with Gasteiger partial charge in [-0.2, -0.15) is 0 Å². The van der Waals surface area contributed by atoms with Crippen molar-refractivity contribution in [1.29, 1.82) is 0 Å². The van der Waals surface area contributed by atoms with E-state index in [9.17, 15) is 0 Å². The van der Waals surface area contributed by atoms with Crippen LogP contribution in [0.25, 0.3) is 0 Å². The van der Waals surface area contributed by atoms with Crippen LogP contribution in [0.2, 0.25) is 0 Å². The van der Waals surface area contributed by atoms with Crippen LogP contribution in [0.5, 0.6) is 0 Å². The molecule has 1 aliphatic carbocycles. The highest BCUT2D eigenvalue weighted by molar-refractivity contribution is 5.27. The van der Waals surface area contributed by atoms with Gasteiger partial charge in [0.25, 0.3) is 0 Å². The zero-order valence-corrected chi connectivity index (χ0v) is 11.4. The Morgan fingerprint density at radius 3 is 2.35 bits per heavy atom.